The molecule has 0 radical (unpaired) electrons. The summed E-state index contributed by atoms with van der Waals surface area (Å²) in [5, 5.41) is 0. The van der Waals surface area contributed by atoms with Gasteiger partial charge in [0.25, 0.3) is 0 Å². The van der Waals surface area contributed by atoms with Crippen molar-refractivity contribution in [2.75, 3.05) is 0 Å². The molecule has 2 N–H and O–H groups in total. The van der Waals surface area contributed by atoms with Crippen molar-refractivity contribution < 1.29 is 0 Å². The number of benzene rings is 2. The summed E-state index contributed by atoms with van der Waals surface area (Å²) in [6, 6.07) is 16.4. The van der Waals surface area contributed by atoms with Gasteiger partial charge in [-0.05, 0) is 41.8 Å². The summed E-state index contributed by atoms with van der Waals surface area (Å²) in [7, 11) is 2.61. The molecule has 1 aliphatic rings. The average Bonchev–Trinajstić information content (AvgIpc) is 3.03. The van der Waals surface area contributed by atoms with Gasteiger partial charge in [-0.15, -0.1) is 5.73 Å². The highest BCUT2D eigenvalue weighted by Gasteiger charge is 2.08. The monoisotopic (exact) mass is 397 g/mol. The van der Waals surface area contributed by atoms with E-state index < -0.39 is 0 Å². The van der Waals surface area contributed by atoms with Crippen molar-refractivity contribution in [3.05, 3.63) is 114 Å². The van der Waals surface area contributed by atoms with Crippen LogP contribution in [0.25, 0.3) is 11.1 Å². The normalized spacial score (nSPS) is 14.0. The smallest absolute Gasteiger partial charge is 0.159 e. The summed E-state index contributed by atoms with van der Waals surface area (Å²) in [5.41, 5.74) is 15.7. The maximum absolute atomic E-state index is 5.89. The molecular weight excluding hydrogens is 373 g/mol. The molecule has 1 unspecified atom stereocenters. The third kappa shape index (κ3) is 5.47. The van der Waals surface area contributed by atoms with Gasteiger partial charge in [0, 0.05) is 23.1 Å². The van der Waals surface area contributed by atoms with Crippen LogP contribution in [0.15, 0.2) is 112 Å². The minimum atomic E-state index is 0.507. The zero-order chi connectivity index (χ0) is 20.6. The maximum atomic E-state index is 5.89. The van der Waals surface area contributed by atoms with Crippen LogP contribution in [-0.2, 0) is 6.54 Å². The van der Waals surface area contributed by atoms with Crippen LogP contribution in [0.4, 0.5) is 0 Å². The Morgan fingerprint density at radius 2 is 1.83 bits per heavy atom. The van der Waals surface area contributed by atoms with Crippen molar-refractivity contribution in [2.24, 2.45) is 15.7 Å². The molecule has 29 heavy (non-hydrogen) atoms. The SMILES string of the molecule is C=C(/N=C(\N=C(/C)P)c1ccc(-c2ccccc2CN)cc1)C1=CC=C=CC=C1. The number of allylic oxidation sites excluding steroid dienone is 4. The van der Waals surface area contributed by atoms with Gasteiger partial charge in [0.2, 0.25) is 0 Å². The number of hydrogen-bond acceptors (Lipinski definition) is 2. The number of rotatable bonds is 5. The van der Waals surface area contributed by atoms with Gasteiger partial charge in [-0.3, -0.25) is 0 Å². The van der Waals surface area contributed by atoms with E-state index in [0.29, 0.717) is 18.1 Å². The molecule has 1 atom stereocenters. The summed E-state index contributed by atoms with van der Waals surface area (Å²) in [6.45, 7) is 6.55. The predicted octanol–water partition coefficient (Wildman–Crippen LogP) is 5.57. The van der Waals surface area contributed by atoms with Crippen molar-refractivity contribution in [2.45, 2.75) is 13.5 Å². The van der Waals surface area contributed by atoms with Gasteiger partial charge in [-0.2, -0.15) is 0 Å². The Labute approximate surface area is 174 Å². The molecule has 0 saturated carbocycles. The van der Waals surface area contributed by atoms with Gasteiger partial charge in [0.05, 0.1) is 5.70 Å². The molecule has 0 spiro atoms. The van der Waals surface area contributed by atoms with E-state index in [4.69, 9.17) is 10.7 Å². The van der Waals surface area contributed by atoms with Crippen molar-refractivity contribution in [3.63, 3.8) is 0 Å². The van der Waals surface area contributed by atoms with Crippen molar-refractivity contribution in [1.29, 1.82) is 0 Å². The van der Waals surface area contributed by atoms with Crippen LogP contribution >= 0.6 is 9.24 Å². The average molecular weight is 397 g/mol. The Bertz CT molecular complexity index is 1090. The van der Waals surface area contributed by atoms with Crippen LogP contribution in [0.5, 0.6) is 0 Å². The van der Waals surface area contributed by atoms with Crippen LogP contribution in [0.3, 0.4) is 0 Å². The maximum Gasteiger partial charge on any atom is 0.159 e. The van der Waals surface area contributed by atoms with E-state index in [1.165, 1.54) is 0 Å². The highest BCUT2D eigenvalue weighted by atomic mass is 31.0. The van der Waals surface area contributed by atoms with E-state index in [0.717, 1.165) is 33.3 Å². The number of nitrogens with two attached hydrogens (primary N) is 1. The second-order valence-corrected chi connectivity index (χ2v) is 7.39. The number of amidine groups is 1. The van der Waals surface area contributed by atoms with Gasteiger partial charge in [0.1, 0.15) is 0 Å². The second kappa shape index (κ2) is 9.91. The molecule has 0 aromatic heterocycles. The van der Waals surface area contributed by atoms with E-state index in [1.807, 2.05) is 61.6 Å². The Hall–Kier alpha value is -3.09. The molecular formula is C25H24N3P. The van der Waals surface area contributed by atoms with E-state index in [1.54, 1.807) is 0 Å². The Morgan fingerprint density at radius 3 is 2.55 bits per heavy atom. The standard InChI is InChI=1S/C25H24N3P/c1-18(20-9-5-3-4-6-10-20)27-25(28-19(2)29)22-15-13-21(14-16-22)24-12-8-7-11-23(24)17-26/h3,5-16H,1,17,26,29H2,2H3/b27-25-,28-19+. The summed E-state index contributed by atoms with van der Waals surface area (Å²) >= 11 is 0. The highest BCUT2D eigenvalue weighted by molar-refractivity contribution is 7.40. The first-order chi connectivity index (χ1) is 14.1. The minimum Gasteiger partial charge on any atom is -0.326 e. The molecule has 0 saturated heterocycles. The third-order valence-corrected chi connectivity index (χ3v) is 4.50. The zero-order valence-electron chi connectivity index (χ0n) is 16.5. The zero-order valence-corrected chi connectivity index (χ0v) is 17.6. The third-order valence-electron chi connectivity index (χ3n) is 4.38. The van der Waals surface area contributed by atoms with Crippen LogP contribution in [-0.4, -0.2) is 11.3 Å². The lowest BCUT2D eigenvalue weighted by Gasteiger charge is -2.10. The lowest BCUT2D eigenvalue weighted by Crippen LogP contribution is -2.01. The quantitative estimate of drug-likeness (QED) is 0.305. The molecule has 0 heterocycles. The van der Waals surface area contributed by atoms with Gasteiger partial charge >= 0.3 is 0 Å². The fourth-order valence-corrected chi connectivity index (χ4v) is 3.06. The molecule has 0 amide bonds. The molecule has 0 aliphatic heterocycles. The van der Waals surface area contributed by atoms with Gasteiger partial charge in [-0.25, -0.2) is 9.98 Å². The molecule has 3 rings (SSSR count). The lowest BCUT2D eigenvalue weighted by atomic mass is 9.98. The first kappa shape index (κ1) is 20.6. The van der Waals surface area contributed by atoms with Crippen LogP contribution < -0.4 is 5.73 Å². The summed E-state index contributed by atoms with van der Waals surface area (Å²) in [6.07, 6.45) is 9.52. The number of hydrogen-bond donors (Lipinski definition) is 1. The first-order valence-corrected chi connectivity index (χ1v) is 9.93. The van der Waals surface area contributed by atoms with Crippen molar-refractivity contribution in [3.8, 4) is 11.1 Å². The molecule has 3 nitrogen and oxygen atoms in total. The predicted molar refractivity (Wildman–Crippen MR) is 128 cm³/mol. The molecule has 2 aromatic carbocycles. The molecule has 2 aromatic rings. The summed E-state index contributed by atoms with van der Waals surface area (Å²) < 4.78 is 0. The van der Waals surface area contributed by atoms with Crippen LogP contribution in [0, 0.1) is 0 Å². The van der Waals surface area contributed by atoms with Crippen molar-refractivity contribution >= 4 is 20.5 Å². The Morgan fingerprint density at radius 1 is 1.07 bits per heavy atom. The van der Waals surface area contributed by atoms with Crippen LogP contribution in [0.1, 0.15) is 18.1 Å². The Balaban J connectivity index is 1.96. The highest BCUT2D eigenvalue weighted by Crippen LogP contribution is 2.24. The van der Waals surface area contributed by atoms with Crippen LogP contribution in [0.2, 0.25) is 0 Å². The Kier molecular flexibility index (Phi) is 7.05. The number of aliphatic imine (C=N–C) groups is 2. The van der Waals surface area contributed by atoms with Gasteiger partial charge in [-0.1, -0.05) is 76.5 Å². The topological polar surface area (TPSA) is 50.7 Å². The molecule has 1 aliphatic carbocycles. The molecule has 0 bridgehead atoms. The van der Waals surface area contributed by atoms with E-state index in [-0.39, 0.29) is 0 Å². The largest absolute Gasteiger partial charge is 0.326 e. The van der Waals surface area contributed by atoms with Gasteiger partial charge in [0.15, 0.2) is 5.84 Å². The second-order valence-electron chi connectivity index (χ2n) is 6.56. The molecule has 0 fully saturated rings. The first-order valence-electron chi connectivity index (χ1n) is 9.35. The molecule has 4 heteroatoms. The fourth-order valence-electron chi connectivity index (χ4n) is 2.94. The fraction of sp³-hybridized carbons (Fsp3) is 0.0800. The van der Waals surface area contributed by atoms with Crippen molar-refractivity contribution in [1.82, 2.24) is 0 Å². The van der Waals surface area contributed by atoms with E-state index in [9.17, 15) is 0 Å². The molecule has 144 valence electrons. The van der Waals surface area contributed by atoms with E-state index in [2.05, 4.69) is 50.8 Å². The van der Waals surface area contributed by atoms with Gasteiger partial charge < -0.3 is 5.73 Å². The minimum absolute atomic E-state index is 0.507. The van der Waals surface area contributed by atoms with E-state index >= 15 is 0 Å². The number of nitrogens with zero attached hydrogens (tertiary/aromatic N) is 2. The lowest BCUT2D eigenvalue weighted by molar-refractivity contribution is 1.07. The summed E-state index contributed by atoms with van der Waals surface area (Å²) in [5.74, 6) is 0.622. The summed E-state index contributed by atoms with van der Waals surface area (Å²) in [4.78, 5) is 9.31.